The van der Waals surface area contributed by atoms with Crippen LogP contribution in [0.25, 0.3) is 0 Å². The molecule has 1 rings (SSSR count). The number of anilines is 1. The summed E-state index contributed by atoms with van der Waals surface area (Å²) in [5.41, 5.74) is 0.889. The number of hydrogen-bond acceptors (Lipinski definition) is 3. The van der Waals surface area contributed by atoms with Gasteiger partial charge < -0.3 is 5.32 Å². The standard InChI is InChI=1S/C7H10ClN3.C2H6/c1-4-6(8)10-5(2)11-7(4)9-3;1-2/h1-3H3,(H,9,10,11);1-2H3. The lowest BCUT2D eigenvalue weighted by molar-refractivity contribution is 1.03. The Morgan fingerprint density at radius 3 is 2.15 bits per heavy atom. The van der Waals surface area contributed by atoms with Crippen LogP contribution in [-0.2, 0) is 0 Å². The predicted molar refractivity (Wildman–Crippen MR) is 57.4 cm³/mol. The van der Waals surface area contributed by atoms with E-state index in [0.29, 0.717) is 11.0 Å². The molecule has 0 saturated heterocycles. The van der Waals surface area contributed by atoms with Gasteiger partial charge in [0.25, 0.3) is 0 Å². The van der Waals surface area contributed by atoms with Gasteiger partial charge in [-0.15, -0.1) is 0 Å². The van der Waals surface area contributed by atoms with Crippen molar-refractivity contribution >= 4 is 17.4 Å². The quantitative estimate of drug-likeness (QED) is 0.711. The highest BCUT2D eigenvalue weighted by Gasteiger charge is 2.04. The number of aromatic nitrogens is 2. The molecule has 0 radical (unpaired) electrons. The first-order valence-electron chi connectivity index (χ1n) is 4.33. The van der Waals surface area contributed by atoms with Crippen molar-refractivity contribution in [2.24, 2.45) is 0 Å². The first-order valence-corrected chi connectivity index (χ1v) is 4.71. The maximum Gasteiger partial charge on any atom is 0.137 e. The minimum Gasteiger partial charge on any atom is -0.373 e. The Morgan fingerprint density at radius 1 is 1.15 bits per heavy atom. The van der Waals surface area contributed by atoms with Crippen LogP contribution in [0.5, 0.6) is 0 Å². The Balaban J connectivity index is 0.000000671. The van der Waals surface area contributed by atoms with Crippen LogP contribution in [0.4, 0.5) is 5.82 Å². The van der Waals surface area contributed by atoms with E-state index in [1.165, 1.54) is 0 Å². The van der Waals surface area contributed by atoms with Gasteiger partial charge in [0.2, 0.25) is 0 Å². The van der Waals surface area contributed by atoms with Gasteiger partial charge in [0, 0.05) is 12.6 Å². The lowest BCUT2D eigenvalue weighted by Crippen LogP contribution is -2.00. The zero-order valence-corrected chi connectivity index (χ0v) is 9.53. The molecule has 0 aliphatic heterocycles. The largest absolute Gasteiger partial charge is 0.373 e. The highest BCUT2D eigenvalue weighted by molar-refractivity contribution is 6.30. The molecule has 0 atom stereocenters. The molecule has 0 aliphatic rings. The van der Waals surface area contributed by atoms with Gasteiger partial charge in [-0.2, -0.15) is 0 Å². The highest BCUT2D eigenvalue weighted by atomic mass is 35.5. The average molecular weight is 202 g/mol. The van der Waals surface area contributed by atoms with E-state index in [2.05, 4.69) is 15.3 Å². The monoisotopic (exact) mass is 201 g/mol. The maximum atomic E-state index is 5.81. The van der Waals surface area contributed by atoms with Gasteiger partial charge >= 0.3 is 0 Å². The second-order valence-corrected chi connectivity index (χ2v) is 2.64. The Kier molecular flexibility index (Phi) is 5.39. The van der Waals surface area contributed by atoms with Gasteiger partial charge in [0.05, 0.1) is 0 Å². The van der Waals surface area contributed by atoms with Crippen molar-refractivity contribution < 1.29 is 0 Å². The van der Waals surface area contributed by atoms with E-state index in [1.54, 1.807) is 0 Å². The fourth-order valence-corrected chi connectivity index (χ4v) is 1.05. The Bertz CT molecular complexity index is 274. The first-order chi connectivity index (χ1) is 6.15. The van der Waals surface area contributed by atoms with Crippen molar-refractivity contribution in [1.29, 1.82) is 0 Å². The van der Waals surface area contributed by atoms with E-state index in [9.17, 15) is 0 Å². The van der Waals surface area contributed by atoms with Gasteiger partial charge in [-0.05, 0) is 13.8 Å². The van der Waals surface area contributed by atoms with Gasteiger partial charge in [0.15, 0.2) is 0 Å². The van der Waals surface area contributed by atoms with Gasteiger partial charge in [0.1, 0.15) is 16.8 Å². The van der Waals surface area contributed by atoms with Crippen molar-refractivity contribution in [1.82, 2.24) is 9.97 Å². The molecule has 74 valence electrons. The van der Waals surface area contributed by atoms with Gasteiger partial charge in [-0.3, -0.25) is 0 Å². The second-order valence-electron chi connectivity index (χ2n) is 2.29. The molecule has 1 heterocycles. The normalized spacial score (nSPS) is 8.77. The number of halogens is 1. The summed E-state index contributed by atoms with van der Waals surface area (Å²) in [4.78, 5) is 8.14. The molecule has 3 nitrogen and oxygen atoms in total. The molecule has 0 amide bonds. The zero-order valence-electron chi connectivity index (χ0n) is 8.77. The summed E-state index contributed by atoms with van der Waals surface area (Å²) in [6.45, 7) is 7.69. The Labute approximate surface area is 84.6 Å². The Morgan fingerprint density at radius 2 is 1.69 bits per heavy atom. The van der Waals surface area contributed by atoms with Crippen molar-refractivity contribution in [3.8, 4) is 0 Å². The van der Waals surface area contributed by atoms with E-state index in [0.717, 1.165) is 11.4 Å². The van der Waals surface area contributed by atoms with E-state index >= 15 is 0 Å². The number of aryl methyl sites for hydroxylation is 1. The topological polar surface area (TPSA) is 37.8 Å². The molecule has 0 saturated carbocycles. The summed E-state index contributed by atoms with van der Waals surface area (Å²) >= 11 is 5.81. The third kappa shape index (κ3) is 3.19. The summed E-state index contributed by atoms with van der Waals surface area (Å²) in [5, 5.41) is 3.46. The fraction of sp³-hybridized carbons (Fsp3) is 0.556. The molecule has 0 bridgehead atoms. The van der Waals surface area contributed by atoms with E-state index in [1.807, 2.05) is 34.7 Å². The third-order valence-electron chi connectivity index (χ3n) is 1.44. The number of nitrogens with one attached hydrogen (secondary N) is 1. The molecular weight excluding hydrogens is 186 g/mol. The lowest BCUT2D eigenvalue weighted by atomic mass is 10.3. The van der Waals surface area contributed by atoms with Crippen LogP contribution < -0.4 is 5.32 Å². The summed E-state index contributed by atoms with van der Waals surface area (Å²) in [7, 11) is 1.81. The van der Waals surface area contributed by atoms with Gasteiger partial charge in [-0.25, -0.2) is 9.97 Å². The van der Waals surface area contributed by atoms with Crippen molar-refractivity contribution in [2.75, 3.05) is 12.4 Å². The molecule has 0 spiro atoms. The van der Waals surface area contributed by atoms with Gasteiger partial charge in [-0.1, -0.05) is 25.4 Å². The predicted octanol–water partition coefficient (Wildman–Crippen LogP) is 2.81. The molecule has 0 fully saturated rings. The highest BCUT2D eigenvalue weighted by Crippen LogP contribution is 2.18. The van der Waals surface area contributed by atoms with Crippen LogP contribution in [0.1, 0.15) is 25.2 Å². The minimum absolute atomic E-state index is 0.516. The molecule has 1 aromatic heterocycles. The maximum absolute atomic E-state index is 5.81. The van der Waals surface area contributed by atoms with Crippen molar-refractivity contribution in [2.45, 2.75) is 27.7 Å². The molecular formula is C9H16ClN3. The molecule has 4 heteroatoms. The summed E-state index contributed by atoms with van der Waals surface area (Å²) in [6.07, 6.45) is 0. The van der Waals surface area contributed by atoms with Crippen LogP contribution in [0.3, 0.4) is 0 Å². The SMILES string of the molecule is CC.CNc1nc(C)nc(Cl)c1C. The molecule has 0 unspecified atom stereocenters. The molecule has 1 N–H and O–H groups in total. The van der Waals surface area contributed by atoms with Crippen LogP contribution in [0.15, 0.2) is 0 Å². The summed E-state index contributed by atoms with van der Waals surface area (Å²) in [6, 6.07) is 0. The van der Waals surface area contributed by atoms with Crippen LogP contribution in [-0.4, -0.2) is 17.0 Å². The molecule has 0 aromatic carbocycles. The molecule has 1 aromatic rings. The minimum atomic E-state index is 0.516. The van der Waals surface area contributed by atoms with Crippen molar-refractivity contribution in [3.05, 3.63) is 16.5 Å². The number of nitrogens with zero attached hydrogens (tertiary/aromatic N) is 2. The van der Waals surface area contributed by atoms with Crippen LogP contribution in [0, 0.1) is 13.8 Å². The number of rotatable bonds is 1. The average Bonchev–Trinajstić information content (AvgIpc) is 2.14. The van der Waals surface area contributed by atoms with E-state index < -0.39 is 0 Å². The van der Waals surface area contributed by atoms with E-state index in [4.69, 9.17) is 11.6 Å². The Hall–Kier alpha value is -0.830. The smallest absolute Gasteiger partial charge is 0.137 e. The summed E-state index contributed by atoms with van der Waals surface area (Å²) < 4.78 is 0. The third-order valence-corrected chi connectivity index (χ3v) is 1.80. The van der Waals surface area contributed by atoms with Crippen LogP contribution >= 0.6 is 11.6 Å². The summed E-state index contributed by atoms with van der Waals surface area (Å²) in [5.74, 6) is 1.48. The molecule has 13 heavy (non-hydrogen) atoms. The fourth-order valence-electron chi connectivity index (χ4n) is 0.838. The molecule has 0 aliphatic carbocycles. The number of hydrogen-bond donors (Lipinski definition) is 1. The van der Waals surface area contributed by atoms with Crippen LogP contribution in [0.2, 0.25) is 5.15 Å². The second kappa shape index (κ2) is 5.75. The lowest BCUT2D eigenvalue weighted by Gasteiger charge is -2.05. The first kappa shape index (κ1) is 12.2. The van der Waals surface area contributed by atoms with E-state index in [-0.39, 0.29) is 0 Å². The van der Waals surface area contributed by atoms with Crippen molar-refractivity contribution in [3.63, 3.8) is 0 Å². The zero-order chi connectivity index (χ0) is 10.4.